The summed E-state index contributed by atoms with van der Waals surface area (Å²) in [5.74, 6) is -9.42. The Morgan fingerprint density at radius 3 is 2.59 bits per heavy atom. The Labute approximate surface area is 260 Å². The van der Waals surface area contributed by atoms with E-state index in [1.807, 2.05) is 13.8 Å². The summed E-state index contributed by atoms with van der Waals surface area (Å²) in [7, 11) is 0. The SMILES string of the molecule is CCOC(=O)/C(F)=C/[C@@H](C[C@H]1CCNC1=O)NC(=O)[C@@H]1[C@H]2CC[C@H](CC2(F)F)N1C(=O)[C@@H](CC(C)C)Nc1cccc(Cl)c1. The maximum Gasteiger partial charge on any atom is 0.366 e. The van der Waals surface area contributed by atoms with E-state index in [-0.39, 0.29) is 31.3 Å². The molecule has 6 atom stereocenters. The number of rotatable bonds is 12. The van der Waals surface area contributed by atoms with Crippen LogP contribution in [-0.4, -0.2) is 71.8 Å². The number of nitrogens with zero attached hydrogens (tertiary/aromatic N) is 1. The van der Waals surface area contributed by atoms with Gasteiger partial charge in [0, 0.05) is 35.6 Å². The molecule has 0 unspecified atom stereocenters. The smallest absolute Gasteiger partial charge is 0.366 e. The third-order valence-electron chi connectivity index (χ3n) is 8.48. The van der Waals surface area contributed by atoms with Gasteiger partial charge in [0.25, 0.3) is 5.92 Å². The lowest BCUT2D eigenvalue weighted by Gasteiger charge is -2.54. The number of amides is 3. The number of esters is 1. The van der Waals surface area contributed by atoms with Gasteiger partial charge in [0.2, 0.25) is 23.5 Å². The summed E-state index contributed by atoms with van der Waals surface area (Å²) in [5, 5.41) is 8.90. The second kappa shape index (κ2) is 14.2. The molecule has 4 fully saturated rings. The van der Waals surface area contributed by atoms with Crippen LogP contribution in [0, 0.1) is 17.8 Å². The number of benzene rings is 1. The lowest BCUT2D eigenvalue weighted by molar-refractivity contribution is -0.194. The molecule has 3 amide bonds. The van der Waals surface area contributed by atoms with Gasteiger partial charge in [-0.3, -0.25) is 14.4 Å². The quantitative estimate of drug-likeness (QED) is 0.227. The number of anilines is 1. The molecule has 242 valence electrons. The van der Waals surface area contributed by atoms with E-state index in [2.05, 4.69) is 16.0 Å². The van der Waals surface area contributed by atoms with E-state index in [4.69, 9.17) is 16.3 Å². The minimum absolute atomic E-state index is 0.0266. The van der Waals surface area contributed by atoms with Crippen LogP contribution in [0.4, 0.5) is 18.9 Å². The van der Waals surface area contributed by atoms with E-state index < -0.39 is 72.0 Å². The van der Waals surface area contributed by atoms with Crippen LogP contribution in [0.2, 0.25) is 5.02 Å². The Morgan fingerprint density at radius 2 is 1.98 bits per heavy atom. The Balaban J connectivity index is 1.65. The fraction of sp³-hybridized carbons (Fsp3) is 0.613. The number of hydrogen-bond donors (Lipinski definition) is 3. The molecule has 9 nitrogen and oxygen atoms in total. The summed E-state index contributed by atoms with van der Waals surface area (Å²) in [6.45, 7) is 5.67. The van der Waals surface area contributed by atoms with Crippen molar-refractivity contribution in [1.29, 1.82) is 0 Å². The van der Waals surface area contributed by atoms with Crippen LogP contribution in [-0.2, 0) is 23.9 Å². The first-order valence-corrected chi connectivity index (χ1v) is 15.5. The van der Waals surface area contributed by atoms with Gasteiger partial charge >= 0.3 is 5.97 Å². The molecule has 3 aliphatic heterocycles. The first-order chi connectivity index (χ1) is 20.8. The largest absolute Gasteiger partial charge is 0.461 e. The second-order valence-corrected chi connectivity index (χ2v) is 12.6. The molecule has 4 aliphatic rings. The molecular formula is C31H40ClF3N4O5. The van der Waals surface area contributed by atoms with Gasteiger partial charge in [0.1, 0.15) is 12.1 Å². The monoisotopic (exact) mass is 640 g/mol. The van der Waals surface area contributed by atoms with E-state index in [9.17, 15) is 23.6 Å². The molecular weight excluding hydrogens is 601 g/mol. The standard InChI is InChI=1S/C31H40ClF3N4O5/c1-4-44-30(43)24(33)15-21(13-18-10-11-36-27(18)40)38-28(41)26-23-9-8-22(16-31(23,34)35)39(26)29(42)25(12-17(2)3)37-20-7-5-6-19(32)14-20/h5-7,14-15,17-18,21-23,25-26,37H,4,8-13,16H2,1-3H3,(H,36,40)(H,38,41)/b24-15-/t18-,21-,22-,23-,25-,26+/m1/s1. The van der Waals surface area contributed by atoms with Gasteiger partial charge in [-0.15, -0.1) is 0 Å². The topological polar surface area (TPSA) is 117 Å². The van der Waals surface area contributed by atoms with Crippen molar-refractivity contribution in [2.24, 2.45) is 17.8 Å². The van der Waals surface area contributed by atoms with E-state index in [1.165, 1.54) is 11.8 Å². The number of fused-ring (bicyclic) bond motifs is 3. The fourth-order valence-corrected chi connectivity index (χ4v) is 6.72. The second-order valence-electron chi connectivity index (χ2n) is 12.2. The molecule has 0 spiro atoms. The van der Waals surface area contributed by atoms with Crippen LogP contribution in [0.5, 0.6) is 0 Å². The maximum atomic E-state index is 15.3. The van der Waals surface area contributed by atoms with E-state index in [1.54, 1.807) is 24.3 Å². The number of piperidine rings is 2. The first kappa shape index (κ1) is 33.6. The average Bonchev–Trinajstić information content (AvgIpc) is 3.35. The molecule has 44 heavy (non-hydrogen) atoms. The van der Waals surface area contributed by atoms with Crippen molar-refractivity contribution < 1.29 is 37.1 Å². The van der Waals surface area contributed by atoms with E-state index in [0.29, 0.717) is 36.5 Å². The van der Waals surface area contributed by atoms with Crippen molar-refractivity contribution in [3.8, 4) is 0 Å². The van der Waals surface area contributed by atoms with Crippen molar-refractivity contribution in [2.45, 2.75) is 89.4 Å². The molecule has 2 bridgehead atoms. The number of carbonyl (C=O) groups excluding carboxylic acids is 4. The first-order valence-electron chi connectivity index (χ1n) is 15.1. The molecule has 1 saturated carbocycles. The zero-order valence-corrected chi connectivity index (χ0v) is 25.8. The molecule has 3 N–H and O–H groups in total. The summed E-state index contributed by atoms with van der Waals surface area (Å²) in [5.41, 5.74) is 0.569. The minimum atomic E-state index is -3.21. The molecule has 13 heteroatoms. The van der Waals surface area contributed by atoms with Gasteiger partial charge in [-0.25, -0.2) is 13.6 Å². The Kier molecular flexibility index (Phi) is 10.9. The number of ether oxygens (including phenoxy) is 1. The maximum absolute atomic E-state index is 15.3. The predicted molar refractivity (Wildman–Crippen MR) is 159 cm³/mol. The fourth-order valence-electron chi connectivity index (χ4n) is 6.53. The van der Waals surface area contributed by atoms with E-state index >= 15 is 8.78 Å². The predicted octanol–water partition coefficient (Wildman–Crippen LogP) is 4.61. The van der Waals surface area contributed by atoms with Crippen molar-refractivity contribution in [1.82, 2.24) is 15.5 Å². The highest BCUT2D eigenvalue weighted by atomic mass is 35.5. The highest BCUT2D eigenvalue weighted by Crippen LogP contribution is 2.49. The molecule has 1 aromatic carbocycles. The summed E-state index contributed by atoms with van der Waals surface area (Å²) in [6.07, 6.45) is 1.32. The highest BCUT2D eigenvalue weighted by molar-refractivity contribution is 6.30. The summed E-state index contributed by atoms with van der Waals surface area (Å²) in [4.78, 5) is 53.7. The molecule has 3 saturated heterocycles. The van der Waals surface area contributed by atoms with Crippen molar-refractivity contribution in [3.63, 3.8) is 0 Å². The molecule has 1 aromatic rings. The summed E-state index contributed by atoms with van der Waals surface area (Å²) >= 11 is 6.14. The van der Waals surface area contributed by atoms with Gasteiger partial charge in [-0.05, 0) is 69.2 Å². The zero-order valence-electron chi connectivity index (χ0n) is 25.1. The van der Waals surface area contributed by atoms with Crippen LogP contribution in [0.25, 0.3) is 0 Å². The summed E-state index contributed by atoms with van der Waals surface area (Å²) in [6, 6.07) is 2.33. The van der Waals surface area contributed by atoms with Crippen LogP contribution >= 0.6 is 11.6 Å². The van der Waals surface area contributed by atoms with E-state index in [0.717, 1.165) is 6.08 Å². The minimum Gasteiger partial charge on any atom is -0.461 e. The zero-order chi connectivity index (χ0) is 32.2. The number of nitrogens with one attached hydrogen (secondary N) is 3. The Hall–Kier alpha value is -3.28. The summed E-state index contributed by atoms with van der Waals surface area (Å²) < 4.78 is 50.1. The van der Waals surface area contributed by atoms with Crippen LogP contribution in [0.3, 0.4) is 0 Å². The van der Waals surface area contributed by atoms with Crippen molar-refractivity contribution in [2.75, 3.05) is 18.5 Å². The molecule has 1 aliphatic carbocycles. The number of hydrogen-bond acceptors (Lipinski definition) is 6. The van der Waals surface area contributed by atoms with Gasteiger partial charge in [0.05, 0.1) is 18.6 Å². The normalized spacial score (nSPS) is 25.8. The third kappa shape index (κ3) is 7.86. The molecule has 5 rings (SSSR count). The van der Waals surface area contributed by atoms with Gasteiger partial charge in [0.15, 0.2) is 0 Å². The number of carbonyl (C=O) groups is 4. The van der Waals surface area contributed by atoms with Crippen LogP contribution in [0.15, 0.2) is 36.2 Å². The van der Waals surface area contributed by atoms with Crippen molar-refractivity contribution in [3.05, 3.63) is 41.2 Å². The molecule has 0 aromatic heterocycles. The molecule has 3 heterocycles. The van der Waals surface area contributed by atoms with Crippen LogP contribution < -0.4 is 16.0 Å². The Morgan fingerprint density at radius 1 is 1.23 bits per heavy atom. The Bertz CT molecular complexity index is 1280. The highest BCUT2D eigenvalue weighted by Gasteiger charge is 2.61. The van der Waals surface area contributed by atoms with Gasteiger partial charge in [-0.1, -0.05) is 31.5 Å². The van der Waals surface area contributed by atoms with Gasteiger partial charge in [-0.2, -0.15) is 4.39 Å². The third-order valence-corrected chi connectivity index (χ3v) is 8.71. The number of alkyl halides is 2. The van der Waals surface area contributed by atoms with Gasteiger partial charge < -0.3 is 25.6 Å². The average molecular weight is 641 g/mol. The lowest BCUT2D eigenvalue weighted by atomic mass is 9.71. The molecule has 0 radical (unpaired) electrons. The van der Waals surface area contributed by atoms with Crippen molar-refractivity contribution >= 4 is 41.0 Å². The number of halogens is 4. The lowest BCUT2D eigenvalue weighted by Crippen LogP contribution is -2.70. The van der Waals surface area contributed by atoms with Crippen LogP contribution in [0.1, 0.15) is 59.3 Å².